The normalized spacial score (nSPS) is 20.5. The van der Waals surface area contributed by atoms with Crippen LogP contribution in [0.4, 0.5) is 8.78 Å². The predicted molar refractivity (Wildman–Crippen MR) is 140 cm³/mol. The van der Waals surface area contributed by atoms with Crippen LogP contribution < -0.4 is 10.1 Å². The molecule has 38 heavy (non-hydrogen) atoms. The molecule has 0 saturated carbocycles. The molecule has 1 aromatic heterocycles. The molecule has 1 aliphatic heterocycles. The highest BCUT2D eigenvalue weighted by Crippen LogP contribution is 2.28. The van der Waals surface area contributed by atoms with Crippen LogP contribution in [0.5, 0.6) is 5.75 Å². The van der Waals surface area contributed by atoms with Gasteiger partial charge in [-0.05, 0) is 67.7 Å². The van der Waals surface area contributed by atoms with E-state index in [9.17, 15) is 23.8 Å². The van der Waals surface area contributed by atoms with Gasteiger partial charge in [-0.3, -0.25) is 9.78 Å². The number of nitrogens with zero attached hydrogens (tertiary/aromatic N) is 1. The molecule has 1 amide bonds. The Balaban J connectivity index is 1.40. The van der Waals surface area contributed by atoms with Crippen molar-refractivity contribution in [2.24, 2.45) is 0 Å². The molecule has 4 atom stereocenters. The first-order valence-electron chi connectivity index (χ1n) is 12.7. The molecule has 9 heteroatoms. The van der Waals surface area contributed by atoms with Gasteiger partial charge in [-0.2, -0.15) is 0 Å². The summed E-state index contributed by atoms with van der Waals surface area (Å²) >= 11 is 0. The molecular formula is C29H32F2N2O5. The number of amides is 1. The van der Waals surface area contributed by atoms with E-state index in [1.54, 1.807) is 13.3 Å². The lowest BCUT2D eigenvalue weighted by Crippen LogP contribution is -2.50. The number of halogens is 2. The van der Waals surface area contributed by atoms with Crippen molar-refractivity contribution in [1.82, 2.24) is 10.3 Å². The van der Waals surface area contributed by atoms with E-state index in [2.05, 4.69) is 16.4 Å². The van der Waals surface area contributed by atoms with Crippen molar-refractivity contribution in [2.45, 2.75) is 56.5 Å². The van der Waals surface area contributed by atoms with Gasteiger partial charge in [-0.15, -0.1) is 0 Å². The Labute approximate surface area is 220 Å². The Morgan fingerprint density at radius 1 is 1.26 bits per heavy atom. The fourth-order valence-corrected chi connectivity index (χ4v) is 4.78. The first kappa shape index (κ1) is 27.6. The molecule has 4 rings (SSSR count). The lowest BCUT2D eigenvalue weighted by atomic mass is 9.91. The molecule has 7 nitrogen and oxygen atoms in total. The van der Waals surface area contributed by atoms with E-state index in [0.29, 0.717) is 18.6 Å². The first-order valence-corrected chi connectivity index (χ1v) is 12.7. The molecule has 202 valence electrons. The van der Waals surface area contributed by atoms with Gasteiger partial charge in [0.15, 0.2) is 0 Å². The van der Waals surface area contributed by atoms with Crippen LogP contribution in [0.3, 0.4) is 0 Å². The van der Waals surface area contributed by atoms with E-state index in [0.717, 1.165) is 53.6 Å². The number of pyridine rings is 1. The molecule has 2 aromatic carbocycles. The van der Waals surface area contributed by atoms with Crippen LogP contribution in [0.2, 0.25) is 0 Å². The molecule has 0 radical (unpaired) electrons. The predicted octanol–water partition coefficient (Wildman–Crippen LogP) is 3.94. The van der Waals surface area contributed by atoms with Crippen LogP contribution in [-0.2, 0) is 16.0 Å². The zero-order valence-electron chi connectivity index (χ0n) is 21.1. The van der Waals surface area contributed by atoms with Crippen molar-refractivity contribution in [2.75, 3.05) is 13.7 Å². The average Bonchev–Trinajstić information content (AvgIpc) is 2.93. The maximum atomic E-state index is 13.9. The zero-order valence-corrected chi connectivity index (χ0v) is 21.1. The maximum absolute atomic E-state index is 13.9. The number of hydrogen-bond acceptors (Lipinski definition) is 6. The van der Waals surface area contributed by atoms with Crippen molar-refractivity contribution in [1.29, 1.82) is 0 Å². The molecular weight excluding hydrogens is 494 g/mol. The third-order valence-corrected chi connectivity index (χ3v) is 6.79. The van der Waals surface area contributed by atoms with Crippen molar-refractivity contribution in [3.63, 3.8) is 0 Å². The highest BCUT2D eigenvalue weighted by molar-refractivity contribution is 5.92. The lowest BCUT2D eigenvalue weighted by Gasteiger charge is -2.38. The summed E-state index contributed by atoms with van der Waals surface area (Å²) in [6.07, 6.45) is 5.33. The van der Waals surface area contributed by atoms with E-state index < -0.39 is 42.4 Å². The fraction of sp³-hybridized carbons (Fsp3) is 0.379. The van der Waals surface area contributed by atoms with Crippen molar-refractivity contribution in [3.05, 3.63) is 77.5 Å². The Morgan fingerprint density at radius 3 is 2.89 bits per heavy atom. The zero-order chi connectivity index (χ0) is 27.1. The summed E-state index contributed by atoms with van der Waals surface area (Å²) in [7, 11) is 1.60. The highest BCUT2D eigenvalue weighted by atomic mass is 19.1. The molecule has 1 aliphatic rings. The van der Waals surface area contributed by atoms with E-state index in [4.69, 9.17) is 9.47 Å². The van der Waals surface area contributed by atoms with E-state index in [-0.39, 0.29) is 18.1 Å². The van der Waals surface area contributed by atoms with E-state index in [1.165, 1.54) is 6.08 Å². The number of aryl methyl sites for hydroxylation is 1. The van der Waals surface area contributed by atoms with Gasteiger partial charge in [-0.25, -0.2) is 8.78 Å². The third kappa shape index (κ3) is 7.12. The van der Waals surface area contributed by atoms with Gasteiger partial charge in [0.05, 0.1) is 49.8 Å². The van der Waals surface area contributed by atoms with Crippen molar-refractivity contribution in [3.8, 4) is 5.75 Å². The number of nitrogens with one attached hydrogen (secondary N) is 1. The SMILES string of the molecule is COc1cnc2cccc(CCC3CCC(NC(=O)C=Cc4cc(F)ccc4F)C(C[C@H](O)CO)O3)c2c1. The monoisotopic (exact) mass is 526 g/mol. The van der Waals surface area contributed by atoms with Crippen LogP contribution >= 0.6 is 0 Å². The number of fused-ring (bicyclic) bond motifs is 1. The Hall–Kier alpha value is -3.40. The molecule has 2 heterocycles. The Morgan fingerprint density at radius 2 is 2.11 bits per heavy atom. The summed E-state index contributed by atoms with van der Waals surface area (Å²) < 4.78 is 38.9. The molecule has 3 aromatic rings. The fourth-order valence-electron chi connectivity index (χ4n) is 4.78. The molecule has 1 saturated heterocycles. The van der Waals surface area contributed by atoms with Crippen molar-refractivity contribution >= 4 is 22.9 Å². The van der Waals surface area contributed by atoms with Gasteiger partial charge in [-0.1, -0.05) is 12.1 Å². The molecule has 1 fully saturated rings. The summed E-state index contributed by atoms with van der Waals surface area (Å²) in [5.74, 6) is -1.04. The topological polar surface area (TPSA) is 101 Å². The molecule has 3 unspecified atom stereocenters. The summed E-state index contributed by atoms with van der Waals surface area (Å²) in [5, 5.41) is 23.3. The number of hydrogen-bond donors (Lipinski definition) is 3. The van der Waals surface area contributed by atoms with E-state index in [1.807, 2.05) is 18.2 Å². The van der Waals surface area contributed by atoms with Crippen LogP contribution in [0.15, 0.2) is 54.7 Å². The number of carbonyl (C=O) groups is 1. The number of aliphatic hydroxyl groups is 2. The average molecular weight is 527 g/mol. The minimum Gasteiger partial charge on any atom is -0.495 e. The number of rotatable bonds is 10. The molecule has 3 N–H and O–H groups in total. The van der Waals surface area contributed by atoms with Crippen LogP contribution in [-0.4, -0.2) is 59.2 Å². The maximum Gasteiger partial charge on any atom is 0.244 e. The van der Waals surface area contributed by atoms with Gasteiger partial charge >= 0.3 is 0 Å². The van der Waals surface area contributed by atoms with Crippen molar-refractivity contribution < 1.29 is 33.3 Å². The molecule has 0 aliphatic carbocycles. The Kier molecular flexibility index (Phi) is 9.38. The number of benzene rings is 2. The van der Waals surface area contributed by atoms with Gasteiger partial charge in [0.2, 0.25) is 5.91 Å². The van der Waals surface area contributed by atoms with E-state index >= 15 is 0 Å². The smallest absolute Gasteiger partial charge is 0.244 e. The summed E-state index contributed by atoms with van der Waals surface area (Å²) in [6, 6.07) is 10.5. The van der Waals surface area contributed by atoms with Crippen LogP contribution in [0.1, 0.15) is 36.8 Å². The highest BCUT2D eigenvalue weighted by Gasteiger charge is 2.33. The number of ether oxygens (including phenoxy) is 2. The van der Waals surface area contributed by atoms with Gasteiger partial charge < -0.3 is 25.0 Å². The summed E-state index contributed by atoms with van der Waals surface area (Å²) in [4.78, 5) is 17.0. The quantitative estimate of drug-likeness (QED) is 0.346. The van der Waals surface area contributed by atoms with Gasteiger partial charge in [0.25, 0.3) is 0 Å². The second-order valence-corrected chi connectivity index (χ2v) is 9.46. The molecule has 0 bridgehead atoms. The number of aromatic nitrogens is 1. The minimum atomic E-state index is -0.994. The largest absolute Gasteiger partial charge is 0.495 e. The third-order valence-electron chi connectivity index (χ3n) is 6.79. The number of carbonyl (C=O) groups excluding carboxylic acids is 1. The Bertz CT molecular complexity index is 1290. The van der Waals surface area contributed by atoms with Gasteiger partial charge in [0.1, 0.15) is 17.4 Å². The van der Waals surface area contributed by atoms with Crippen LogP contribution in [0.25, 0.3) is 17.0 Å². The van der Waals surface area contributed by atoms with Crippen LogP contribution in [0, 0.1) is 11.6 Å². The molecule has 0 spiro atoms. The summed E-state index contributed by atoms with van der Waals surface area (Å²) in [5.41, 5.74) is 1.97. The summed E-state index contributed by atoms with van der Waals surface area (Å²) in [6.45, 7) is -0.422. The second kappa shape index (κ2) is 12.9. The standard InChI is InChI=1S/C29H32F2N2O5/c1-37-23-15-24-18(3-2-4-26(24)32-16-23)5-8-22-9-11-27(28(38-22)14-21(35)17-34)33-29(36)12-6-19-13-20(30)7-10-25(19)31/h2-4,6-7,10,12-13,15-16,21-22,27-28,34-35H,5,8-9,11,14,17H2,1H3,(H,33,36)/t21-,22?,27?,28?/m0/s1. The minimum absolute atomic E-state index is 0.0337. The number of methoxy groups -OCH3 is 1. The lowest BCUT2D eigenvalue weighted by molar-refractivity contribution is -0.124. The van der Waals surface area contributed by atoms with Gasteiger partial charge in [0, 0.05) is 23.4 Å². The number of aliphatic hydroxyl groups excluding tert-OH is 2. The first-order chi connectivity index (χ1) is 18.4. The second-order valence-electron chi connectivity index (χ2n) is 9.46.